The molecule has 5 rings (SSSR count). The molecule has 2 aromatic heterocycles. The van der Waals surface area contributed by atoms with Crippen LogP contribution in [0.5, 0.6) is 0 Å². The Morgan fingerprint density at radius 1 is 1.17 bits per heavy atom. The van der Waals surface area contributed by atoms with E-state index in [2.05, 4.69) is 9.97 Å². The Hall–Kier alpha value is -2.79. The summed E-state index contributed by atoms with van der Waals surface area (Å²) in [6, 6.07) is 14.8. The number of aryl methyl sites for hydroxylation is 1. The molecule has 0 radical (unpaired) electrons. The molecule has 0 saturated carbocycles. The number of nitrogens with one attached hydrogen (secondary N) is 1. The van der Waals surface area contributed by atoms with Crippen LogP contribution in [0, 0.1) is 6.92 Å². The summed E-state index contributed by atoms with van der Waals surface area (Å²) < 4.78 is 25.1. The minimum Gasteiger partial charge on any atom is -0.359 e. The summed E-state index contributed by atoms with van der Waals surface area (Å²) in [5.74, 6) is 0. The number of aromatic nitrogens is 2. The Labute approximate surface area is 167 Å². The van der Waals surface area contributed by atoms with E-state index in [4.69, 9.17) is 9.05 Å². The summed E-state index contributed by atoms with van der Waals surface area (Å²) in [4.78, 5) is 19.6. The van der Waals surface area contributed by atoms with Gasteiger partial charge in [0.25, 0.3) is 0 Å². The van der Waals surface area contributed by atoms with Crippen molar-refractivity contribution < 1.29 is 13.6 Å². The number of rotatable bonds is 2. The lowest BCUT2D eigenvalue weighted by Crippen LogP contribution is -2.20. The number of hydrogen-bond donors (Lipinski definition) is 1. The number of pyridine rings is 2. The fourth-order valence-corrected chi connectivity index (χ4v) is 5.48. The molecule has 146 valence electrons. The number of benzene rings is 2. The molecule has 0 spiro atoms. The SMILES string of the molecule is Cc1cccc([C@@H]2CCOP(=O)(c3cnc4c(ccc5c(=O)cc[nH]c54)c3)O2)c1. The Morgan fingerprint density at radius 3 is 2.93 bits per heavy atom. The highest BCUT2D eigenvalue weighted by Gasteiger charge is 2.36. The van der Waals surface area contributed by atoms with Gasteiger partial charge in [-0.2, -0.15) is 0 Å². The lowest BCUT2D eigenvalue weighted by atomic mass is 10.0. The molecule has 0 aliphatic carbocycles. The van der Waals surface area contributed by atoms with Crippen molar-refractivity contribution >= 4 is 34.7 Å². The molecule has 0 bridgehead atoms. The topological polar surface area (TPSA) is 81.3 Å². The second-order valence-electron chi connectivity index (χ2n) is 7.22. The van der Waals surface area contributed by atoms with Crippen LogP contribution < -0.4 is 10.7 Å². The van der Waals surface area contributed by atoms with E-state index in [9.17, 15) is 9.36 Å². The van der Waals surface area contributed by atoms with Gasteiger partial charge in [0.05, 0.1) is 29.0 Å². The fraction of sp³-hybridized carbons (Fsp3) is 0.182. The standard InChI is InChI=1S/C22H19N2O4P/c1-14-3-2-4-15(11-14)20-8-10-27-29(26,28-20)17-12-16-5-6-18-19(25)7-9-23-22(18)21(16)24-13-17/h2-7,9,11-13,20H,8,10H2,1H3,(H,23,25)/t20-,29?/m0/s1. The van der Waals surface area contributed by atoms with Crippen LogP contribution in [0.15, 0.2) is 65.7 Å². The summed E-state index contributed by atoms with van der Waals surface area (Å²) in [6.45, 7) is 2.36. The van der Waals surface area contributed by atoms with Crippen molar-refractivity contribution in [3.8, 4) is 0 Å². The van der Waals surface area contributed by atoms with E-state index in [-0.39, 0.29) is 11.5 Å². The first kappa shape index (κ1) is 18.3. The molecule has 1 aliphatic rings. The summed E-state index contributed by atoms with van der Waals surface area (Å²) in [7, 11) is -3.51. The van der Waals surface area contributed by atoms with Gasteiger partial charge < -0.3 is 9.51 Å². The quantitative estimate of drug-likeness (QED) is 0.395. The average molecular weight is 406 g/mol. The zero-order chi connectivity index (χ0) is 20.0. The van der Waals surface area contributed by atoms with Crippen molar-refractivity contribution in [3.63, 3.8) is 0 Å². The molecule has 4 aromatic rings. The molecule has 1 fully saturated rings. The molecule has 0 amide bonds. The molecule has 7 heteroatoms. The largest absolute Gasteiger partial charge is 0.363 e. The molecule has 2 atom stereocenters. The molecule has 29 heavy (non-hydrogen) atoms. The number of fused-ring (bicyclic) bond motifs is 3. The summed E-state index contributed by atoms with van der Waals surface area (Å²) in [5, 5.41) is 1.74. The zero-order valence-corrected chi connectivity index (χ0v) is 16.7. The van der Waals surface area contributed by atoms with E-state index in [1.165, 1.54) is 12.3 Å². The van der Waals surface area contributed by atoms with Crippen molar-refractivity contribution in [2.45, 2.75) is 19.4 Å². The number of aromatic amines is 1. The van der Waals surface area contributed by atoms with Crippen LogP contribution in [0.2, 0.25) is 0 Å². The predicted octanol–water partition coefficient (Wildman–Crippen LogP) is 4.38. The smallest absolute Gasteiger partial charge is 0.359 e. The molecular weight excluding hydrogens is 387 g/mol. The maximum absolute atomic E-state index is 13.5. The third-order valence-electron chi connectivity index (χ3n) is 5.20. The fourth-order valence-electron chi connectivity index (χ4n) is 3.75. The van der Waals surface area contributed by atoms with Gasteiger partial charge in [-0.15, -0.1) is 0 Å². The molecule has 1 unspecified atom stereocenters. The first-order valence-electron chi connectivity index (χ1n) is 9.44. The summed E-state index contributed by atoms with van der Waals surface area (Å²) >= 11 is 0. The van der Waals surface area contributed by atoms with Crippen molar-refractivity contribution in [1.82, 2.24) is 9.97 Å². The molecule has 1 N–H and O–H groups in total. The zero-order valence-electron chi connectivity index (χ0n) is 15.8. The highest BCUT2D eigenvalue weighted by Crippen LogP contribution is 2.55. The first-order valence-corrected chi connectivity index (χ1v) is 11.0. The molecule has 3 heterocycles. The van der Waals surface area contributed by atoms with Gasteiger partial charge in [0.1, 0.15) is 0 Å². The van der Waals surface area contributed by atoms with E-state index in [1.807, 2.05) is 31.2 Å². The van der Waals surface area contributed by atoms with Gasteiger partial charge in [0, 0.05) is 35.7 Å². The minimum atomic E-state index is -3.51. The predicted molar refractivity (Wildman–Crippen MR) is 113 cm³/mol. The number of hydrogen-bond acceptors (Lipinski definition) is 5. The molecule has 2 aromatic carbocycles. The lowest BCUT2D eigenvalue weighted by molar-refractivity contribution is 0.0875. The van der Waals surface area contributed by atoms with Gasteiger partial charge in [-0.05, 0) is 24.6 Å². The maximum atomic E-state index is 13.5. The van der Waals surface area contributed by atoms with Crippen molar-refractivity contribution in [2.24, 2.45) is 0 Å². The second-order valence-corrected chi connectivity index (χ2v) is 9.20. The minimum absolute atomic E-state index is 0.0701. The molecule has 1 aliphatic heterocycles. The highest BCUT2D eigenvalue weighted by atomic mass is 31.2. The number of nitrogens with zero attached hydrogens (tertiary/aromatic N) is 1. The Balaban J connectivity index is 1.56. The summed E-state index contributed by atoms with van der Waals surface area (Å²) in [6.07, 6.45) is 3.46. The van der Waals surface area contributed by atoms with E-state index in [0.29, 0.717) is 34.8 Å². The second kappa shape index (κ2) is 6.92. The first-order chi connectivity index (χ1) is 14.0. The van der Waals surface area contributed by atoms with Gasteiger partial charge >= 0.3 is 7.60 Å². The Bertz CT molecular complexity index is 1350. The van der Waals surface area contributed by atoms with Crippen LogP contribution in [0.1, 0.15) is 23.7 Å². The molecular formula is C22H19N2O4P. The lowest BCUT2D eigenvalue weighted by Gasteiger charge is -2.30. The van der Waals surface area contributed by atoms with Crippen molar-refractivity contribution in [1.29, 1.82) is 0 Å². The van der Waals surface area contributed by atoms with Gasteiger partial charge in [-0.1, -0.05) is 35.9 Å². The van der Waals surface area contributed by atoms with E-state index in [1.54, 1.807) is 24.4 Å². The van der Waals surface area contributed by atoms with Crippen LogP contribution in [0.3, 0.4) is 0 Å². The van der Waals surface area contributed by atoms with Gasteiger partial charge in [-0.3, -0.25) is 18.9 Å². The Kier molecular flexibility index (Phi) is 4.36. The van der Waals surface area contributed by atoms with Crippen LogP contribution in [-0.4, -0.2) is 16.6 Å². The van der Waals surface area contributed by atoms with Crippen LogP contribution in [0.4, 0.5) is 0 Å². The molecule has 6 nitrogen and oxygen atoms in total. The van der Waals surface area contributed by atoms with E-state index < -0.39 is 7.60 Å². The highest BCUT2D eigenvalue weighted by molar-refractivity contribution is 7.62. The third-order valence-corrected chi connectivity index (χ3v) is 7.14. The maximum Gasteiger partial charge on any atom is 0.363 e. The number of H-pyrrole nitrogens is 1. The van der Waals surface area contributed by atoms with E-state index in [0.717, 1.165) is 16.5 Å². The van der Waals surface area contributed by atoms with E-state index >= 15 is 0 Å². The van der Waals surface area contributed by atoms with Crippen molar-refractivity contribution in [2.75, 3.05) is 6.61 Å². The summed E-state index contributed by atoms with van der Waals surface area (Å²) in [5.41, 5.74) is 3.34. The monoisotopic (exact) mass is 406 g/mol. The Morgan fingerprint density at radius 2 is 2.07 bits per heavy atom. The van der Waals surface area contributed by atoms with Gasteiger partial charge in [-0.25, -0.2) is 0 Å². The molecule has 1 saturated heterocycles. The van der Waals surface area contributed by atoms with Crippen molar-refractivity contribution in [3.05, 3.63) is 82.3 Å². The third kappa shape index (κ3) is 3.19. The van der Waals surface area contributed by atoms with Crippen LogP contribution >= 0.6 is 7.60 Å². The normalized spacial score (nSPS) is 22.2. The van der Waals surface area contributed by atoms with Gasteiger partial charge in [0.15, 0.2) is 5.43 Å². The van der Waals surface area contributed by atoms with Gasteiger partial charge in [0.2, 0.25) is 0 Å². The average Bonchev–Trinajstić information content (AvgIpc) is 2.73. The van der Waals surface area contributed by atoms with Crippen LogP contribution in [0.25, 0.3) is 21.8 Å². The van der Waals surface area contributed by atoms with Crippen LogP contribution in [-0.2, 0) is 13.6 Å².